The van der Waals surface area contributed by atoms with Crippen LogP contribution in [0, 0.1) is 0 Å². The zero-order chi connectivity index (χ0) is 24.2. The van der Waals surface area contributed by atoms with Crippen molar-refractivity contribution in [3.8, 4) is 11.5 Å². The zero-order valence-corrected chi connectivity index (χ0v) is 19.8. The number of nitrogens with zero attached hydrogens (tertiary/aromatic N) is 2. The Kier molecular flexibility index (Phi) is 6.68. The summed E-state index contributed by atoms with van der Waals surface area (Å²) in [5.74, 6) is 0.452. The third kappa shape index (κ3) is 4.53. The predicted octanol–water partition coefficient (Wildman–Crippen LogP) is 4.90. The Bertz CT molecular complexity index is 1220. The highest BCUT2D eigenvalue weighted by Gasteiger charge is 2.42. The summed E-state index contributed by atoms with van der Waals surface area (Å²) in [6.07, 6.45) is 0.0259. The molecule has 1 heterocycles. The number of methoxy groups -OCH3 is 1. The van der Waals surface area contributed by atoms with Gasteiger partial charge >= 0.3 is 0 Å². The van der Waals surface area contributed by atoms with Crippen molar-refractivity contribution in [3.05, 3.63) is 95.7 Å². The van der Waals surface area contributed by atoms with Gasteiger partial charge in [0.15, 0.2) is 0 Å². The SMILES string of the molecule is COc1ccccc1C1=C(N(C)Cc2ccccc2)C(=O)N(c2ccc(OC(C)C)cc2)C1=O. The molecule has 1 aliphatic heterocycles. The van der Waals surface area contributed by atoms with Gasteiger partial charge < -0.3 is 14.4 Å². The predicted molar refractivity (Wildman–Crippen MR) is 133 cm³/mol. The summed E-state index contributed by atoms with van der Waals surface area (Å²) in [5.41, 5.74) is 2.76. The van der Waals surface area contributed by atoms with Gasteiger partial charge in [0.25, 0.3) is 11.8 Å². The molecule has 174 valence electrons. The van der Waals surface area contributed by atoms with E-state index in [1.165, 1.54) is 4.90 Å². The Morgan fingerprint density at radius 1 is 0.853 bits per heavy atom. The molecule has 6 nitrogen and oxygen atoms in total. The molecule has 4 rings (SSSR count). The third-order valence-corrected chi connectivity index (χ3v) is 5.55. The third-order valence-electron chi connectivity index (χ3n) is 5.55. The van der Waals surface area contributed by atoms with Crippen molar-refractivity contribution in [3.63, 3.8) is 0 Å². The fourth-order valence-electron chi connectivity index (χ4n) is 4.08. The zero-order valence-electron chi connectivity index (χ0n) is 19.8. The average Bonchev–Trinajstić information content (AvgIpc) is 3.09. The van der Waals surface area contributed by atoms with E-state index in [0.29, 0.717) is 40.6 Å². The number of hydrogen-bond acceptors (Lipinski definition) is 5. The summed E-state index contributed by atoms with van der Waals surface area (Å²) in [5, 5.41) is 0. The Morgan fingerprint density at radius 3 is 2.15 bits per heavy atom. The van der Waals surface area contributed by atoms with E-state index in [2.05, 4.69) is 0 Å². The second kappa shape index (κ2) is 9.83. The van der Waals surface area contributed by atoms with Crippen LogP contribution in [0.3, 0.4) is 0 Å². The van der Waals surface area contributed by atoms with E-state index < -0.39 is 0 Å². The van der Waals surface area contributed by atoms with Gasteiger partial charge in [-0.05, 0) is 49.7 Å². The summed E-state index contributed by atoms with van der Waals surface area (Å²) in [4.78, 5) is 30.5. The van der Waals surface area contributed by atoms with Gasteiger partial charge in [0.05, 0.1) is 24.5 Å². The van der Waals surface area contributed by atoms with Crippen LogP contribution in [0.25, 0.3) is 5.57 Å². The number of hydrogen-bond donors (Lipinski definition) is 0. The molecule has 0 saturated carbocycles. The standard InChI is InChI=1S/C28H28N2O4/c1-19(2)34-22-16-14-21(15-17-22)30-27(31)25(23-12-8-9-13-24(23)33-4)26(28(30)32)29(3)18-20-10-6-5-7-11-20/h5-17,19H,18H2,1-4H3. The number of imide groups is 1. The second-order valence-electron chi connectivity index (χ2n) is 8.37. The van der Waals surface area contributed by atoms with E-state index >= 15 is 0 Å². The summed E-state index contributed by atoms with van der Waals surface area (Å²) >= 11 is 0. The van der Waals surface area contributed by atoms with Crippen molar-refractivity contribution in [2.45, 2.75) is 26.5 Å². The van der Waals surface area contributed by atoms with Crippen LogP contribution in [0.15, 0.2) is 84.6 Å². The first-order valence-corrected chi connectivity index (χ1v) is 11.2. The van der Waals surface area contributed by atoms with Gasteiger partial charge in [-0.25, -0.2) is 4.90 Å². The summed E-state index contributed by atoms with van der Waals surface area (Å²) in [7, 11) is 3.38. The quantitative estimate of drug-likeness (QED) is 0.451. The van der Waals surface area contributed by atoms with Crippen LogP contribution < -0.4 is 14.4 Å². The maximum Gasteiger partial charge on any atom is 0.282 e. The largest absolute Gasteiger partial charge is 0.496 e. The Balaban J connectivity index is 1.77. The van der Waals surface area contributed by atoms with E-state index in [1.54, 1.807) is 43.5 Å². The Labute approximate surface area is 200 Å². The summed E-state index contributed by atoms with van der Waals surface area (Å²) in [6.45, 7) is 4.36. The highest BCUT2D eigenvalue weighted by molar-refractivity contribution is 6.45. The molecular formula is C28H28N2O4. The number of anilines is 1. The van der Waals surface area contributed by atoms with Crippen molar-refractivity contribution in [1.29, 1.82) is 0 Å². The minimum absolute atomic E-state index is 0.0259. The van der Waals surface area contributed by atoms with Crippen molar-refractivity contribution < 1.29 is 19.1 Å². The number of para-hydroxylation sites is 1. The van der Waals surface area contributed by atoms with Crippen LogP contribution in [0.2, 0.25) is 0 Å². The normalized spacial score (nSPS) is 13.6. The number of rotatable bonds is 8. The van der Waals surface area contributed by atoms with Gasteiger partial charge in [-0.1, -0.05) is 48.5 Å². The van der Waals surface area contributed by atoms with Gasteiger partial charge in [-0.2, -0.15) is 0 Å². The summed E-state index contributed by atoms with van der Waals surface area (Å²) < 4.78 is 11.2. The molecule has 0 radical (unpaired) electrons. The number of ether oxygens (including phenoxy) is 2. The molecule has 0 saturated heterocycles. The molecular weight excluding hydrogens is 428 g/mol. The molecule has 1 aliphatic rings. The minimum atomic E-state index is -0.387. The lowest BCUT2D eigenvalue weighted by molar-refractivity contribution is -0.120. The van der Waals surface area contributed by atoms with E-state index in [4.69, 9.17) is 9.47 Å². The van der Waals surface area contributed by atoms with Crippen molar-refractivity contribution in [2.75, 3.05) is 19.1 Å². The molecule has 34 heavy (non-hydrogen) atoms. The van der Waals surface area contributed by atoms with Gasteiger partial charge in [0.2, 0.25) is 0 Å². The van der Waals surface area contributed by atoms with Gasteiger partial charge in [0.1, 0.15) is 17.2 Å². The minimum Gasteiger partial charge on any atom is -0.496 e. The molecule has 0 atom stereocenters. The van der Waals surface area contributed by atoms with Crippen LogP contribution >= 0.6 is 0 Å². The van der Waals surface area contributed by atoms with Crippen LogP contribution in [-0.2, 0) is 16.1 Å². The molecule has 0 unspecified atom stereocenters. The van der Waals surface area contributed by atoms with Gasteiger partial charge in [-0.3, -0.25) is 9.59 Å². The number of carbonyl (C=O) groups is 2. The Morgan fingerprint density at radius 2 is 1.50 bits per heavy atom. The van der Waals surface area contributed by atoms with E-state index in [9.17, 15) is 9.59 Å². The highest BCUT2D eigenvalue weighted by atomic mass is 16.5. The number of carbonyl (C=O) groups excluding carboxylic acids is 2. The van der Waals surface area contributed by atoms with Crippen LogP contribution in [0.5, 0.6) is 11.5 Å². The topological polar surface area (TPSA) is 59.1 Å². The first kappa shape index (κ1) is 23.1. The van der Waals surface area contributed by atoms with E-state index in [-0.39, 0.29) is 17.9 Å². The molecule has 0 fully saturated rings. The molecule has 3 aromatic carbocycles. The molecule has 0 spiro atoms. The van der Waals surface area contributed by atoms with Crippen molar-refractivity contribution in [2.24, 2.45) is 0 Å². The number of benzene rings is 3. The van der Waals surface area contributed by atoms with Gasteiger partial charge in [-0.15, -0.1) is 0 Å². The smallest absolute Gasteiger partial charge is 0.282 e. The second-order valence-corrected chi connectivity index (χ2v) is 8.37. The van der Waals surface area contributed by atoms with E-state index in [1.807, 2.05) is 68.3 Å². The van der Waals surface area contributed by atoms with Gasteiger partial charge in [0, 0.05) is 19.2 Å². The molecule has 0 aromatic heterocycles. The first-order valence-electron chi connectivity index (χ1n) is 11.2. The molecule has 0 bridgehead atoms. The fraction of sp³-hybridized carbons (Fsp3) is 0.214. The number of likely N-dealkylation sites (N-methyl/N-ethyl adjacent to an activating group) is 1. The van der Waals surface area contributed by atoms with Crippen LogP contribution in [0.4, 0.5) is 5.69 Å². The van der Waals surface area contributed by atoms with Crippen LogP contribution in [0.1, 0.15) is 25.0 Å². The van der Waals surface area contributed by atoms with Crippen molar-refractivity contribution in [1.82, 2.24) is 4.90 Å². The summed E-state index contributed by atoms with van der Waals surface area (Å²) in [6, 6.07) is 24.1. The molecule has 6 heteroatoms. The molecule has 2 amide bonds. The van der Waals surface area contributed by atoms with E-state index in [0.717, 1.165) is 5.56 Å². The maximum absolute atomic E-state index is 13.7. The lowest BCUT2D eigenvalue weighted by Crippen LogP contribution is -2.34. The fourth-order valence-corrected chi connectivity index (χ4v) is 4.08. The lowest BCUT2D eigenvalue weighted by Gasteiger charge is -2.22. The average molecular weight is 457 g/mol. The maximum atomic E-state index is 13.7. The lowest BCUT2D eigenvalue weighted by atomic mass is 10.0. The Hall–Kier alpha value is -4.06. The first-order chi connectivity index (χ1) is 16.4. The number of amides is 2. The van der Waals surface area contributed by atoms with Crippen LogP contribution in [-0.4, -0.2) is 37.0 Å². The molecule has 0 aliphatic carbocycles. The van der Waals surface area contributed by atoms with Crippen molar-refractivity contribution >= 4 is 23.1 Å². The molecule has 3 aromatic rings. The highest BCUT2D eigenvalue weighted by Crippen LogP contribution is 2.38. The monoisotopic (exact) mass is 456 g/mol. The molecule has 0 N–H and O–H groups in total.